The third-order valence-electron chi connectivity index (χ3n) is 13.5. The van der Waals surface area contributed by atoms with Crippen molar-refractivity contribution >= 4 is 22.7 Å². The molecule has 6 aromatic carbocycles. The molecule has 0 saturated carbocycles. The predicted molar refractivity (Wildman–Crippen MR) is 278 cm³/mol. The van der Waals surface area contributed by atoms with Gasteiger partial charge in [0.05, 0.1) is 6.26 Å². The Morgan fingerprint density at radius 3 is 1.77 bits per heavy atom. The van der Waals surface area contributed by atoms with E-state index < -0.39 is 0 Å². The second-order valence-electron chi connectivity index (χ2n) is 17.4. The van der Waals surface area contributed by atoms with Gasteiger partial charge < -0.3 is 9.64 Å². The first-order chi connectivity index (χ1) is 31.8. The zero-order valence-electron chi connectivity index (χ0n) is 38.8. The standard InChI is InChI=1S/C59H47NO.2C2H6/c1-38-13-9-10-34-61-58-53-32-31-46(37-57(53)59(3,4)56(58)33-22-39(38)2)60(44-27-23-40(24-28-44)47-18-11-20-51-49-16-7-5-14-42(49)35-54(47)51)45-29-25-41(26-30-45)48-19-12-21-52-50-17-8-6-15-43(50)36-55(48)52;2*1-2/h5-25,27-29,31-34,37H,1-2,26,30,35-36H2,3-4H3;2*1-2H3/b13-9-,33-22-,34-10-;;. The minimum atomic E-state index is -0.325. The average Bonchev–Trinajstić information content (AvgIpc) is 3.99. The first-order valence-electron chi connectivity index (χ1n) is 23.5. The van der Waals surface area contributed by atoms with Crippen LogP contribution in [0.4, 0.5) is 11.4 Å². The van der Waals surface area contributed by atoms with E-state index in [9.17, 15) is 0 Å². The highest BCUT2D eigenvalue weighted by Gasteiger charge is 2.39. The van der Waals surface area contributed by atoms with E-state index in [0.717, 1.165) is 65.1 Å². The third-order valence-corrected chi connectivity index (χ3v) is 13.5. The number of rotatable bonds is 5. The molecule has 0 atom stereocenters. The maximum absolute atomic E-state index is 6.45. The molecule has 4 aliphatic carbocycles. The molecule has 0 aromatic heterocycles. The van der Waals surface area contributed by atoms with Crippen molar-refractivity contribution in [3.8, 4) is 33.4 Å². The van der Waals surface area contributed by atoms with Gasteiger partial charge >= 0.3 is 0 Å². The fourth-order valence-electron chi connectivity index (χ4n) is 10.3. The van der Waals surface area contributed by atoms with Gasteiger partial charge in [-0.15, -0.1) is 0 Å². The highest BCUT2D eigenvalue weighted by atomic mass is 16.5. The third kappa shape index (κ3) is 7.72. The van der Waals surface area contributed by atoms with Crippen LogP contribution >= 0.6 is 0 Å². The Morgan fingerprint density at radius 1 is 0.523 bits per heavy atom. The van der Waals surface area contributed by atoms with Crippen LogP contribution in [-0.4, -0.2) is 0 Å². The number of hydrogen-bond donors (Lipinski definition) is 0. The average molecular weight is 846 g/mol. The number of ether oxygens (including phenoxy) is 1. The summed E-state index contributed by atoms with van der Waals surface area (Å²) in [5, 5.41) is 0. The van der Waals surface area contributed by atoms with Crippen molar-refractivity contribution in [2.24, 2.45) is 0 Å². The van der Waals surface area contributed by atoms with Gasteiger partial charge in [0.2, 0.25) is 0 Å². The van der Waals surface area contributed by atoms with E-state index in [2.05, 4.69) is 184 Å². The van der Waals surface area contributed by atoms with Gasteiger partial charge in [0.25, 0.3) is 0 Å². The Morgan fingerprint density at radius 2 is 1.11 bits per heavy atom. The van der Waals surface area contributed by atoms with Crippen molar-refractivity contribution in [1.29, 1.82) is 0 Å². The lowest BCUT2D eigenvalue weighted by Gasteiger charge is -2.32. The minimum absolute atomic E-state index is 0.325. The highest BCUT2D eigenvalue weighted by molar-refractivity contribution is 5.88. The van der Waals surface area contributed by atoms with E-state index in [-0.39, 0.29) is 5.41 Å². The first kappa shape index (κ1) is 43.1. The van der Waals surface area contributed by atoms with Crippen LogP contribution in [0, 0.1) is 0 Å². The van der Waals surface area contributed by atoms with Gasteiger partial charge in [-0.3, -0.25) is 0 Å². The molecule has 0 N–H and O–H groups in total. The summed E-state index contributed by atoms with van der Waals surface area (Å²) in [5.41, 5.74) is 24.9. The van der Waals surface area contributed by atoms with Crippen LogP contribution in [0.1, 0.15) is 93.3 Å². The summed E-state index contributed by atoms with van der Waals surface area (Å²) >= 11 is 0. The molecule has 6 aromatic rings. The Balaban J connectivity index is 0.00000130. The Bertz CT molecular complexity index is 3050. The van der Waals surface area contributed by atoms with Crippen molar-refractivity contribution in [3.05, 3.63) is 251 Å². The van der Waals surface area contributed by atoms with Crippen LogP contribution in [0.3, 0.4) is 0 Å². The molecule has 0 unspecified atom stereocenters. The lowest BCUT2D eigenvalue weighted by molar-refractivity contribution is 0.433. The van der Waals surface area contributed by atoms with Gasteiger partial charge in [-0.25, -0.2) is 0 Å². The molecular formula is C63H59NO. The number of allylic oxidation sites excluding steroid dienone is 12. The smallest absolute Gasteiger partial charge is 0.138 e. The van der Waals surface area contributed by atoms with Crippen molar-refractivity contribution in [1.82, 2.24) is 0 Å². The molecule has 11 rings (SSSR count). The number of anilines is 2. The lowest BCUT2D eigenvalue weighted by atomic mass is 9.80. The number of fused-ring (bicyclic) bond motifs is 8. The van der Waals surface area contributed by atoms with E-state index in [1.54, 1.807) is 6.26 Å². The fraction of sp³-hybridized carbons (Fsp3) is 0.175. The summed E-state index contributed by atoms with van der Waals surface area (Å²) in [6.07, 6.45) is 20.4. The molecule has 0 saturated heterocycles. The molecule has 2 heteroatoms. The second-order valence-corrected chi connectivity index (χ2v) is 17.4. The van der Waals surface area contributed by atoms with E-state index in [1.807, 2.05) is 45.9 Å². The van der Waals surface area contributed by atoms with Crippen LogP contribution in [0.15, 0.2) is 212 Å². The van der Waals surface area contributed by atoms with Gasteiger partial charge in [0.1, 0.15) is 5.76 Å². The molecule has 1 heterocycles. The monoisotopic (exact) mass is 845 g/mol. The van der Waals surface area contributed by atoms with Crippen LogP contribution in [-0.2, 0) is 23.0 Å². The van der Waals surface area contributed by atoms with Gasteiger partial charge in [0.15, 0.2) is 0 Å². The van der Waals surface area contributed by atoms with Crippen molar-refractivity contribution in [3.63, 3.8) is 0 Å². The van der Waals surface area contributed by atoms with E-state index >= 15 is 0 Å². The molecular weight excluding hydrogens is 787 g/mol. The molecule has 0 spiro atoms. The topological polar surface area (TPSA) is 12.5 Å². The van der Waals surface area contributed by atoms with Crippen LogP contribution in [0.5, 0.6) is 0 Å². The van der Waals surface area contributed by atoms with Crippen molar-refractivity contribution < 1.29 is 4.74 Å². The SMILES string of the molecule is C=C1/C=C\C=C/OC2=C(/C=C\C1=C)C(C)(C)c1cc(N(C3=CC=C(c4cccc5c4Cc4ccccc4-5)CC3)c3ccc(-c4cccc5c4Cc4ccccc4-5)cc3)ccc12.CC.CC. The summed E-state index contributed by atoms with van der Waals surface area (Å²) < 4.78 is 6.45. The highest BCUT2D eigenvalue weighted by Crippen LogP contribution is 2.51. The largest absolute Gasteiger partial charge is 0.464 e. The van der Waals surface area contributed by atoms with E-state index in [4.69, 9.17) is 4.74 Å². The summed E-state index contributed by atoms with van der Waals surface area (Å²) in [4.78, 5) is 2.48. The Kier molecular flexibility index (Phi) is 12.0. The van der Waals surface area contributed by atoms with E-state index in [1.165, 1.54) is 78.0 Å². The molecule has 0 radical (unpaired) electrons. The van der Waals surface area contributed by atoms with Gasteiger partial charge in [-0.2, -0.15) is 0 Å². The lowest BCUT2D eigenvalue weighted by Crippen LogP contribution is -2.20. The quantitative estimate of drug-likeness (QED) is 0.171. The molecule has 1 aliphatic heterocycles. The van der Waals surface area contributed by atoms with Crippen molar-refractivity contribution in [2.45, 2.75) is 72.6 Å². The molecule has 0 amide bonds. The molecule has 2 nitrogen and oxygen atoms in total. The van der Waals surface area contributed by atoms with Gasteiger partial charge in [-0.05, 0) is 152 Å². The summed E-state index contributed by atoms with van der Waals surface area (Å²) in [6, 6.07) is 47.5. The zero-order valence-corrected chi connectivity index (χ0v) is 38.8. The number of hydrogen-bond acceptors (Lipinski definition) is 2. The maximum Gasteiger partial charge on any atom is 0.138 e. The Labute approximate surface area is 387 Å². The van der Waals surface area contributed by atoms with E-state index in [0.29, 0.717) is 0 Å². The first-order valence-corrected chi connectivity index (χ1v) is 23.5. The van der Waals surface area contributed by atoms with Crippen LogP contribution in [0.2, 0.25) is 0 Å². The van der Waals surface area contributed by atoms with Gasteiger partial charge in [-0.1, -0.05) is 182 Å². The Hall–Kier alpha value is -7.16. The predicted octanol–water partition coefficient (Wildman–Crippen LogP) is 17.2. The fourth-order valence-corrected chi connectivity index (χ4v) is 10.3. The number of nitrogens with zero attached hydrogens (tertiary/aromatic N) is 1. The van der Waals surface area contributed by atoms with Crippen LogP contribution < -0.4 is 4.90 Å². The maximum atomic E-state index is 6.45. The van der Waals surface area contributed by atoms with Gasteiger partial charge in [0, 0.05) is 33.6 Å². The van der Waals surface area contributed by atoms with Crippen LogP contribution in [0.25, 0.3) is 44.7 Å². The molecule has 65 heavy (non-hydrogen) atoms. The summed E-state index contributed by atoms with van der Waals surface area (Å²) in [5.74, 6) is 0.878. The number of benzene rings is 6. The molecule has 5 aliphatic rings. The molecule has 322 valence electrons. The second kappa shape index (κ2) is 18.1. The zero-order chi connectivity index (χ0) is 45.2. The summed E-state index contributed by atoms with van der Waals surface area (Å²) in [6.45, 7) is 21.1. The molecule has 0 fully saturated rings. The normalized spacial score (nSPS) is 17.3. The molecule has 0 bridgehead atoms. The summed E-state index contributed by atoms with van der Waals surface area (Å²) in [7, 11) is 0. The van der Waals surface area contributed by atoms with Crippen molar-refractivity contribution in [2.75, 3.05) is 4.90 Å². The minimum Gasteiger partial charge on any atom is -0.464 e.